The molecule has 1 rings (SSSR count). The van der Waals surface area contributed by atoms with Crippen molar-refractivity contribution in [2.75, 3.05) is 21.3 Å². The molecule has 0 saturated heterocycles. The highest BCUT2D eigenvalue weighted by Gasteiger charge is 2.15. The van der Waals surface area contributed by atoms with Gasteiger partial charge in [-0.05, 0) is 12.1 Å². The highest BCUT2D eigenvalue weighted by molar-refractivity contribution is 6.00. The van der Waals surface area contributed by atoms with Crippen LogP contribution in [0.2, 0.25) is 0 Å². The Morgan fingerprint density at radius 3 is 1.79 bits per heavy atom. The van der Waals surface area contributed by atoms with E-state index in [-0.39, 0.29) is 0 Å². The third-order valence-corrected chi connectivity index (χ3v) is 2.00. The number of rotatable bonds is 4. The van der Waals surface area contributed by atoms with Crippen LogP contribution in [-0.2, 0) is 0 Å². The maximum Gasteiger partial charge on any atom is 0.341 e. The van der Waals surface area contributed by atoms with Gasteiger partial charge in [-0.1, -0.05) is 0 Å². The molecular weight excluding hydrogens is 200 g/mol. The maximum absolute atomic E-state index is 5.15. The van der Waals surface area contributed by atoms with Crippen LogP contribution in [-0.4, -0.2) is 31.8 Å². The van der Waals surface area contributed by atoms with Crippen molar-refractivity contribution in [2.24, 2.45) is 0 Å². The smallest absolute Gasteiger partial charge is 0.341 e. The van der Waals surface area contributed by atoms with Crippen molar-refractivity contribution in [3.8, 4) is 23.0 Å². The van der Waals surface area contributed by atoms with Gasteiger partial charge in [0.15, 0.2) is 11.5 Å². The van der Waals surface area contributed by atoms with Crippen molar-refractivity contribution in [1.29, 1.82) is 0 Å². The first kappa shape index (κ1) is 10.7. The lowest BCUT2D eigenvalue weighted by Gasteiger charge is -2.14. The van der Waals surface area contributed by atoms with Crippen LogP contribution in [0, 0.1) is 0 Å². The molecule has 0 bridgehead atoms. The van der Waals surface area contributed by atoms with Crippen LogP contribution >= 0.6 is 0 Å². The summed E-state index contributed by atoms with van der Waals surface area (Å²) in [6.07, 6.45) is 0. The fourth-order valence-electron chi connectivity index (χ4n) is 1.15. The van der Waals surface area contributed by atoms with E-state index in [2.05, 4.69) is 10.5 Å². The summed E-state index contributed by atoms with van der Waals surface area (Å²) >= 11 is 0. The van der Waals surface area contributed by atoms with Gasteiger partial charge in [-0.15, -0.1) is 0 Å². The molecule has 1 aromatic rings. The number of methoxy groups -OCH3 is 3. The molecule has 0 aliphatic carbocycles. The van der Waals surface area contributed by atoms with Gasteiger partial charge in [0.25, 0.3) is 0 Å². The molecule has 0 amide bonds. The lowest BCUT2D eigenvalue weighted by molar-refractivity contribution is 0.318. The Labute approximate surface area is 86.3 Å². The second-order valence-corrected chi connectivity index (χ2v) is 2.64. The molecule has 3 radical (unpaired) electrons. The van der Waals surface area contributed by atoms with Crippen LogP contribution in [0.1, 0.15) is 0 Å². The molecule has 5 heteroatoms. The van der Waals surface area contributed by atoms with Gasteiger partial charge in [0, 0.05) is 0 Å². The minimum Gasteiger partial charge on any atom is -0.538 e. The van der Waals surface area contributed by atoms with Gasteiger partial charge in [0.05, 0.1) is 21.3 Å². The van der Waals surface area contributed by atoms with Crippen molar-refractivity contribution in [1.82, 2.24) is 0 Å². The molecular formula is C9H11O4Si. The molecule has 0 atom stereocenters. The molecule has 0 aliphatic rings. The van der Waals surface area contributed by atoms with Gasteiger partial charge in [0.1, 0.15) is 0 Å². The molecule has 14 heavy (non-hydrogen) atoms. The molecule has 0 aromatic heterocycles. The average Bonchev–Trinajstić information content (AvgIpc) is 2.26. The molecule has 4 nitrogen and oxygen atoms in total. The van der Waals surface area contributed by atoms with Gasteiger partial charge in [0.2, 0.25) is 11.5 Å². The van der Waals surface area contributed by atoms with Crippen LogP contribution in [0.4, 0.5) is 0 Å². The third-order valence-electron chi connectivity index (χ3n) is 1.78. The lowest BCUT2D eigenvalue weighted by atomic mass is 10.2. The molecule has 0 saturated carbocycles. The third kappa shape index (κ3) is 1.77. The Balaban J connectivity index is 3.28. The minimum absolute atomic E-state index is 0.488. The Morgan fingerprint density at radius 1 is 0.857 bits per heavy atom. The van der Waals surface area contributed by atoms with Crippen LogP contribution in [0.5, 0.6) is 23.0 Å². The first-order valence-electron chi connectivity index (χ1n) is 3.91. The van der Waals surface area contributed by atoms with Crippen molar-refractivity contribution < 1.29 is 18.6 Å². The molecule has 0 heterocycles. The van der Waals surface area contributed by atoms with Gasteiger partial charge in [-0.25, -0.2) is 0 Å². The summed E-state index contributed by atoms with van der Waals surface area (Å²) in [5.74, 6) is 2.12. The van der Waals surface area contributed by atoms with Gasteiger partial charge in [-0.3, -0.25) is 0 Å². The van der Waals surface area contributed by atoms with E-state index >= 15 is 0 Å². The van der Waals surface area contributed by atoms with Crippen molar-refractivity contribution in [3.63, 3.8) is 0 Å². The van der Waals surface area contributed by atoms with Crippen molar-refractivity contribution in [2.45, 2.75) is 0 Å². The second-order valence-electron chi connectivity index (χ2n) is 2.43. The molecule has 0 N–H and O–H groups in total. The highest BCUT2D eigenvalue weighted by Crippen LogP contribution is 2.43. The standard InChI is InChI=1S/C9H11O4Si/c1-10-6-4-5-7(13-14)9(12-3)8(6)11-2/h4-5H,1-3H3. The topological polar surface area (TPSA) is 36.9 Å². The minimum atomic E-state index is 0.488. The van der Waals surface area contributed by atoms with Crippen LogP contribution < -0.4 is 18.6 Å². The van der Waals surface area contributed by atoms with Gasteiger partial charge in [-0.2, -0.15) is 0 Å². The fraction of sp³-hybridized carbons (Fsp3) is 0.333. The zero-order valence-corrected chi connectivity index (χ0v) is 9.29. The van der Waals surface area contributed by atoms with Crippen molar-refractivity contribution in [3.05, 3.63) is 12.1 Å². The monoisotopic (exact) mass is 211 g/mol. The zero-order chi connectivity index (χ0) is 10.6. The molecule has 75 valence electrons. The average molecular weight is 211 g/mol. The van der Waals surface area contributed by atoms with E-state index in [1.165, 1.54) is 14.2 Å². The van der Waals surface area contributed by atoms with E-state index in [0.29, 0.717) is 23.0 Å². The Bertz CT molecular complexity index is 283. The summed E-state index contributed by atoms with van der Waals surface area (Å²) in [7, 11) is 7.57. The Hall–Kier alpha value is -1.36. The maximum atomic E-state index is 5.15. The van der Waals surface area contributed by atoms with Crippen molar-refractivity contribution >= 4 is 10.5 Å². The number of ether oxygens (including phenoxy) is 3. The molecule has 0 unspecified atom stereocenters. The Morgan fingerprint density at radius 2 is 1.36 bits per heavy atom. The quantitative estimate of drug-likeness (QED) is 0.701. The molecule has 1 aromatic carbocycles. The normalized spacial score (nSPS) is 9.43. The van der Waals surface area contributed by atoms with Gasteiger partial charge < -0.3 is 18.6 Å². The van der Waals surface area contributed by atoms with E-state index in [4.69, 9.17) is 18.6 Å². The number of benzene rings is 1. The van der Waals surface area contributed by atoms with E-state index in [9.17, 15) is 0 Å². The van der Waals surface area contributed by atoms with E-state index in [1.54, 1.807) is 19.2 Å². The van der Waals surface area contributed by atoms with E-state index in [0.717, 1.165) is 0 Å². The summed E-state index contributed by atoms with van der Waals surface area (Å²) in [5.41, 5.74) is 0. The predicted molar refractivity (Wildman–Crippen MR) is 52.5 cm³/mol. The SMILES string of the molecule is COc1ccc(O[Si])c(OC)c1OC. The molecule has 0 spiro atoms. The lowest BCUT2D eigenvalue weighted by Crippen LogP contribution is -1.97. The second kappa shape index (κ2) is 4.76. The summed E-state index contributed by atoms with van der Waals surface area (Å²) in [4.78, 5) is 0. The molecule has 0 fully saturated rings. The van der Waals surface area contributed by atoms with Crippen LogP contribution in [0.3, 0.4) is 0 Å². The van der Waals surface area contributed by atoms with Crippen LogP contribution in [0.15, 0.2) is 12.1 Å². The summed E-state index contributed by atoms with van der Waals surface area (Å²) in [6, 6.07) is 3.45. The van der Waals surface area contributed by atoms with Gasteiger partial charge >= 0.3 is 10.5 Å². The number of hydrogen-bond acceptors (Lipinski definition) is 4. The molecule has 0 aliphatic heterocycles. The first-order valence-corrected chi connectivity index (χ1v) is 4.31. The highest BCUT2D eigenvalue weighted by atomic mass is 28.2. The summed E-state index contributed by atoms with van der Waals surface area (Å²) < 4.78 is 20.3. The summed E-state index contributed by atoms with van der Waals surface area (Å²) in [5, 5.41) is 0. The van der Waals surface area contributed by atoms with E-state index in [1.807, 2.05) is 0 Å². The number of hydrogen-bond donors (Lipinski definition) is 0. The van der Waals surface area contributed by atoms with Crippen LogP contribution in [0.25, 0.3) is 0 Å². The van der Waals surface area contributed by atoms with E-state index < -0.39 is 0 Å². The Kier molecular flexibility index (Phi) is 3.64. The predicted octanol–water partition coefficient (Wildman–Crippen LogP) is 1.17. The largest absolute Gasteiger partial charge is 0.538 e. The summed E-state index contributed by atoms with van der Waals surface area (Å²) in [6.45, 7) is 0. The first-order chi connectivity index (χ1) is 6.78. The fourth-order valence-corrected chi connectivity index (χ4v) is 1.31. The zero-order valence-electron chi connectivity index (χ0n) is 8.29.